The molecule has 0 atom stereocenters. The second-order valence-electron chi connectivity index (χ2n) is 16.3. The number of rotatable bonds is 5. The zero-order valence-corrected chi connectivity index (χ0v) is 34.0. The molecule has 61 heavy (non-hydrogen) atoms. The summed E-state index contributed by atoms with van der Waals surface area (Å²) in [5.74, 6) is 0. The van der Waals surface area contributed by atoms with E-state index >= 15 is 0 Å². The SMILES string of the molecule is c1ccc(-c2ccc(-c3ccccc3N(c3ccc4c(c3)-c3ccccc3C43c4ccccc4-c4ccccc43)c3ccc4c5ccccc5c5ccccc5c4c3)s2)cc1. The Hall–Kier alpha value is -7.52. The van der Waals surface area contributed by atoms with Crippen LogP contribution >= 0.6 is 11.3 Å². The van der Waals surface area contributed by atoms with Crippen molar-refractivity contribution in [3.8, 4) is 43.1 Å². The molecule has 2 heteroatoms. The molecule has 0 N–H and O–H groups in total. The lowest BCUT2D eigenvalue weighted by molar-refractivity contribution is 0.794. The number of nitrogens with zero attached hydrogens (tertiary/aromatic N) is 1. The van der Waals surface area contributed by atoms with E-state index in [1.807, 2.05) is 11.3 Å². The molecule has 0 unspecified atom stereocenters. The molecule has 2 aliphatic rings. The summed E-state index contributed by atoms with van der Waals surface area (Å²) >= 11 is 1.85. The Morgan fingerprint density at radius 2 is 0.738 bits per heavy atom. The molecule has 284 valence electrons. The van der Waals surface area contributed by atoms with Crippen molar-refractivity contribution in [1.29, 1.82) is 0 Å². The van der Waals surface area contributed by atoms with E-state index in [0.29, 0.717) is 0 Å². The van der Waals surface area contributed by atoms with Crippen LogP contribution in [-0.4, -0.2) is 0 Å². The van der Waals surface area contributed by atoms with Gasteiger partial charge in [-0.3, -0.25) is 0 Å². The van der Waals surface area contributed by atoms with Crippen LogP contribution in [0.25, 0.3) is 75.5 Å². The van der Waals surface area contributed by atoms with Crippen molar-refractivity contribution in [2.75, 3.05) is 4.90 Å². The van der Waals surface area contributed by atoms with Crippen molar-refractivity contribution in [3.63, 3.8) is 0 Å². The highest BCUT2D eigenvalue weighted by Gasteiger charge is 2.51. The monoisotopic (exact) mass is 791 g/mol. The fourth-order valence-electron chi connectivity index (χ4n) is 10.8. The van der Waals surface area contributed by atoms with Gasteiger partial charge >= 0.3 is 0 Å². The minimum atomic E-state index is -0.395. The zero-order valence-electron chi connectivity index (χ0n) is 33.2. The van der Waals surface area contributed by atoms with Gasteiger partial charge in [0.1, 0.15) is 0 Å². The van der Waals surface area contributed by atoms with Crippen LogP contribution in [0.1, 0.15) is 22.3 Å². The lowest BCUT2D eigenvalue weighted by Crippen LogP contribution is -2.25. The molecule has 1 nitrogen and oxygen atoms in total. The maximum atomic E-state index is 2.51. The molecule has 1 spiro atoms. The van der Waals surface area contributed by atoms with E-state index in [9.17, 15) is 0 Å². The molecule has 0 bridgehead atoms. The highest BCUT2D eigenvalue weighted by Crippen LogP contribution is 2.63. The van der Waals surface area contributed by atoms with Crippen molar-refractivity contribution in [1.82, 2.24) is 0 Å². The van der Waals surface area contributed by atoms with E-state index in [2.05, 4.69) is 229 Å². The van der Waals surface area contributed by atoms with Crippen LogP contribution in [0.4, 0.5) is 17.1 Å². The van der Waals surface area contributed by atoms with Gasteiger partial charge in [0, 0.05) is 26.7 Å². The number of benzene rings is 10. The Morgan fingerprint density at radius 1 is 0.295 bits per heavy atom. The first-order valence-corrected chi connectivity index (χ1v) is 21.9. The normalized spacial score (nSPS) is 13.0. The maximum absolute atomic E-state index is 2.51. The minimum Gasteiger partial charge on any atom is -0.310 e. The summed E-state index contributed by atoms with van der Waals surface area (Å²) in [5, 5.41) is 7.62. The Balaban J connectivity index is 1.08. The minimum absolute atomic E-state index is 0.395. The first kappa shape index (κ1) is 34.4. The number of thiophene rings is 1. The van der Waals surface area contributed by atoms with Gasteiger partial charge in [0.05, 0.1) is 11.1 Å². The van der Waals surface area contributed by atoms with Gasteiger partial charge in [0.25, 0.3) is 0 Å². The van der Waals surface area contributed by atoms with Gasteiger partial charge in [0.2, 0.25) is 0 Å². The lowest BCUT2D eigenvalue weighted by Gasteiger charge is -2.31. The largest absolute Gasteiger partial charge is 0.310 e. The Kier molecular flexibility index (Phi) is 7.46. The van der Waals surface area contributed by atoms with Crippen molar-refractivity contribution >= 4 is 60.7 Å². The van der Waals surface area contributed by atoms with Gasteiger partial charge in [-0.2, -0.15) is 0 Å². The number of para-hydroxylation sites is 1. The van der Waals surface area contributed by atoms with Gasteiger partial charge < -0.3 is 4.90 Å². The van der Waals surface area contributed by atoms with Crippen molar-refractivity contribution in [2.24, 2.45) is 0 Å². The average molecular weight is 792 g/mol. The Bertz CT molecular complexity index is 3480. The molecular formula is C59H37NS. The number of anilines is 3. The van der Waals surface area contributed by atoms with Crippen molar-refractivity contribution in [2.45, 2.75) is 5.41 Å². The molecule has 11 aromatic rings. The molecule has 0 saturated carbocycles. The lowest BCUT2D eigenvalue weighted by atomic mass is 9.70. The molecule has 0 saturated heterocycles. The topological polar surface area (TPSA) is 3.24 Å². The predicted octanol–water partition coefficient (Wildman–Crippen LogP) is 16.4. The summed E-state index contributed by atoms with van der Waals surface area (Å²) in [6, 6.07) is 83.5. The Labute approximate surface area is 359 Å². The van der Waals surface area contributed by atoms with Crippen LogP contribution in [0.5, 0.6) is 0 Å². The third kappa shape index (κ3) is 4.88. The molecule has 0 amide bonds. The standard InChI is InChI=1S/C59H37NS/c1-2-16-38(17-3-1)57-34-35-58(61-57)49-25-11-15-29-56(49)60(39-30-32-45-43-20-5-4-18-41(43)42-19-6-7-21-44(42)50(45)36-39)40-31-33-55-51(37-40)48-24-10-14-28-54(48)59(55)52-26-12-8-22-46(52)47-23-9-13-27-53(47)59/h1-37H. The van der Waals surface area contributed by atoms with Gasteiger partial charge in [-0.05, 0) is 125 Å². The molecule has 1 heterocycles. The van der Waals surface area contributed by atoms with Gasteiger partial charge in [-0.15, -0.1) is 11.3 Å². The predicted molar refractivity (Wildman–Crippen MR) is 259 cm³/mol. The highest BCUT2D eigenvalue weighted by molar-refractivity contribution is 7.18. The second-order valence-corrected chi connectivity index (χ2v) is 17.4. The van der Waals surface area contributed by atoms with E-state index in [0.717, 1.165) is 17.1 Å². The third-order valence-electron chi connectivity index (χ3n) is 13.3. The van der Waals surface area contributed by atoms with Crippen LogP contribution in [0, 0.1) is 0 Å². The molecule has 1 aromatic heterocycles. The Morgan fingerprint density at radius 3 is 1.38 bits per heavy atom. The molecule has 0 fully saturated rings. The first-order chi connectivity index (χ1) is 30.3. The summed E-state index contributed by atoms with van der Waals surface area (Å²) in [7, 11) is 0. The second kappa shape index (κ2) is 13.2. The first-order valence-electron chi connectivity index (χ1n) is 21.1. The summed E-state index contributed by atoms with van der Waals surface area (Å²) in [6.07, 6.45) is 0. The quantitative estimate of drug-likeness (QED) is 0.157. The van der Waals surface area contributed by atoms with Crippen LogP contribution in [0.3, 0.4) is 0 Å². The smallest absolute Gasteiger partial charge is 0.0725 e. The van der Waals surface area contributed by atoms with Gasteiger partial charge in [-0.1, -0.05) is 182 Å². The average Bonchev–Trinajstić information content (AvgIpc) is 4.03. The molecule has 10 aromatic carbocycles. The van der Waals surface area contributed by atoms with E-state index in [1.165, 1.54) is 97.7 Å². The van der Waals surface area contributed by atoms with Gasteiger partial charge in [0.15, 0.2) is 0 Å². The van der Waals surface area contributed by atoms with Crippen molar-refractivity contribution < 1.29 is 0 Å². The van der Waals surface area contributed by atoms with Crippen LogP contribution in [-0.2, 0) is 5.41 Å². The van der Waals surface area contributed by atoms with E-state index in [4.69, 9.17) is 0 Å². The summed E-state index contributed by atoms with van der Waals surface area (Å²) < 4.78 is 0. The van der Waals surface area contributed by atoms with E-state index in [1.54, 1.807) is 0 Å². The van der Waals surface area contributed by atoms with E-state index < -0.39 is 5.41 Å². The fourth-order valence-corrected chi connectivity index (χ4v) is 11.9. The third-order valence-corrected chi connectivity index (χ3v) is 14.5. The van der Waals surface area contributed by atoms with Crippen LogP contribution in [0.2, 0.25) is 0 Å². The maximum Gasteiger partial charge on any atom is 0.0725 e. The van der Waals surface area contributed by atoms with Crippen LogP contribution < -0.4 is 4.90 Å². The number of fused-ring (bicyclic) bond motifs is 16. The number of hydrogen-bond acceptors (Lipinski definition) is 2. The van der Waals surface area contributed by atoms with Gasteiger partial charge in [-0.25, -0.2) is 0 Å². The van der Waals surface area contributed by atoms with E-state index in [-0.39, 0.29) is 0 Å². The molecular weight excluding hydrogens is 755 g/mol. The summed E-state index contributed by atoms with van der Waals surface area (Å²) in [4.78, 5) is 5.00. The molecule has 13 rings (SSSR count). The highest BCUT2D eigenvalue weighted by atomic mass is 32.1. The molecule has 0 radical (unpaired) electrons. The fraction of sp³-hybridized carbons (Fsp3) is 0.0169. The molecule has 0 aliphatic heterocycles. The van der Waals surface area contributed by atoms with Crippen LogP contribution in [0.15, 0.2) is 224 Å². The van der Waals surface area contributed by atoms with Crippen molar-refractivity contribution in [3.05, 3.63) is 247 Å². The molecule has 2 aliphatic carbocycles. The number of hydrogen-bond donors (Lipinski definition) is 0. The summed E-state index contributed by atoms with van der Waals surface area (Å²) in [6.45, 7) is 0. The summed E-state index contributed by atoms with van der Waals surface area (Å²) in [5.41, 5.74) is 16.1. The zero-order chi connectivity index (χ0) is 40.1.